The van der Waals surface area contributed by atoms with Crippen molar-refractivity contribution >= 4 is 22.9 Å². The van der Waals surface area contributed by atoms with Crippen molar-refractivity contribution in [2.75, 3.05) is 13.1 Å². The number of hydrogen-bond donors (Lipinski definition) is 1. The fourth-order valence-corrected chi connectivity index (χ4v) is 3.21. The van der Waals surface area contributed by atoms with Gasteiger partial charge in [0.25, 0.3) is 0 Å². The van der Waals surface area contributed by atoms with Gasteiger partial charge in [0, 0.05) is 36.7 Å². The van der Waals surface area contributed by atoms with E-state index in [-0.39, 0.29) is 0 Å². The van der Waals surface area contributed by atoms with E-state index in [1.54, 1.807) is 6.08 Å². The predicted molar refractivity (Wildman–Crippen MR) is 92.4 cm³/mol. The normalized spacial score (nSPS) is 15.2. The molecule has 1 aromatic heterocycles. The summed E-state index contributed by atoms with van der Waals surface area (Å²) >= 11 is 0. The van der Waals surface area contributed by atoms with Crippen LogP contribution in [0, 0.1) is 0 Å². The second-order valence-electron chi connectivity index (χ2n) is 5.95. The van der Waals surface area contributed by atoms with Gasteiger partial charge in [0.15, 0.2) is 0 Å². The van der Waals surface area contributed by atoms with E-state index in [1.807, 2.05) is 0 Å². The first-order valence-corrected chi connectivity index (χ1v) is 8.20. The van der Waals surface area contributed by atoms with Crippen LogP contribution >= 0.6 is 0 Å². The Balaban J connectivity index is 2.24. The maximum absolute atomic E-state index is 11.0. The zero-order chi connectivity index (χ0) is 16.4. The van der Waals surface area contributed by atoms with E-state index < -0.39 is 5.97 Å². The Morgan fingerprint density at radius 2 is 2.22 bits per heavy atom. The number of aromatic nitrogens is 1. The summed E-state index contributed by atoms with van der Waals surface area (Å²) in [5, 5.41) is 10.1. The summed E-state index contributed by atoms with van der Waals surface area (Å²) in [6.07, 6.45) is 4.85. The number of likely N-dealkylation sites (N-methyl/N-ethyl adjacent to an activating group) is 1. The number of aliphatic carboxylic acids is 1. The molecule has 2 aromatic rings. The van der Waals surface area contributed by atoms with Gasteiger partial charge in [-0.15, -0.1) is 0 Å². The smallest absolute Gasteiger partial charge is 0.328 e. The van der Waals surface area contributed by atoms with Crippen molar-refractivity contribution in [2.24, 2.45) is 0 Å². The lowest BCUT2D eigenvalue weighted by Gasteiger charge is -2.29. The Morgan fingerprint density at radius 1 is 1.39 bits per heavy atom. The highest BCUT2D eigenvalue weighted by atomic mass is 16.4. The van der Waals surface area contributed by atoms with Crippen LogP contribution in [0.2, 0.25) is 0 Å². The van der Waals surface area contributed by atoms with Crippen LogP contribution < -0.4 is 0 Å². The van der Waals surface area contributed by atoms with Crippen LogP contribution in [-0.2, 0) is 24.2 Å². The molecule has 4 heteroatoms. The van der Waals surface area contributed by atoms with Crippen LogP contribution in [0.3, 0.4) is 0 Å². The zero-order valence-electron chi connectivity index (χ0n) is 13.7. The maximum Gasteiger partial charge on any atom is 0.328 e. The molecule has 4 nitrogen and oxygen atoms in total. The Labute approximate surface area is 136 Å². The van der Waals surface area contributed by atoms with Crippen LogP contribution in [0.25, 0.3) is 17.0 Å². The quantitative estimate of drug-likeness (QED) is 0.881. The molecule has 1 aliphatic heterocycles. The molecular weight excluding hydrogens is 288 g/mol. The third kappa shape index (κ3) is 3.13. The highest BCUT2D eigenvalue weighted by Gasteiger charge is 2.20. The fraction of sp³-hybridized carbons (Fsp3) is 0.368. The highest BCUT2D eigenvalue weighted by Crippen LogP contribution is 2.30. The van der Waals surface area contributed by atoms with Crippen LogP contribution in [0.5, 0.6) is 0 Å². The summed E-state index contributed by atoms with van der Waals surface area (Å²) in [5.41, 5.74) is 5.50. The summed E-state index contributed by atoms with van der Waals surface area (Å²) in [6, 6.07) is 6.31. The van der Waals surface area contributed by atoms with Crippen molar-refractivity contribution in [3.63, 3.8) is 0 Å². The number of carbonyl (C=O) groups is 1. The van der Waals surface area contributed by atoms with Crippen LogP contribution in [0.4, 0.5) is 0 Å². The van der Waals surface area contributed by atoms with Gasteiger partial charge in [0.2, 0.25) is 0 Å². The molecule has 0 spiro atoms. The van der Waals surface area contributed by atoms with Crippen molar-refractivity contribution in [1.29, 1.82) is 0 Å². The van der Waals surface area contributed by atoms with Gasteiger partial charge in [-0.3, -0.25) is 9.88 Å². The molecule has 0 amide bonds. The summed E-state index contributed by atoms with van der Waals surface area (Å²) < 4.78 is 0. The van der Waals surface area contributed by atoms with E-state index in [9.17, 15) is 4.79 Å². The molecule has 120 valence electrons. The second-order valence-corrected chi connectivity index (χ2v) is 5.95. The lowest BCUT2D eigenvalue weighted by molar-refractivity contribution is -0.131. The first-order chi connectivity index (χ1) is 11.1. The number of pyridine rings is 1. The van der Waals surface area contributed by atoms with Crippen molar-refractivity contribution in [2.45, 2.75) is 33.2 Å². The van der Waals surface area contributed by atoms with Crippen LogP contribution in [0.1, 0.15) is 36.2 Å². The van der Waals surface area contributed by atoms with Gasteiger partial charge in [-0.05, 0) is 47.9 Å². The highest BCUT2D eigenvalue weighted by molar-refractivity contribution is 5.94. The summed E-state index contributed by atoms with van der Waals surface area (Å²) in [6.45, 7) is 7.12. The Kier molecular flexibility index (Phi) is 4.44. The topological polar surface area (TPSA) is 53.4 Å². The van der Waals surface area contributed by atoms with E-state index in [2.05, 4.69) is 36.9 Å². The average molecular weight is 310 g/mol. The van der Waals surface area contributed by atoms with Gasteiger partial charge in [-0.25, -0.2) is 4.79 Å². The molecule has 1 aromatic carbocycles. The van der Waals surface area contributed by atoms with Crippen LogP contribution in [-0.4, -0.2) is 34.0 Å². The third-order valence-electron chi connectivity index (χ3n) is 4.57. The summed E-state index contributed by atoms with van der Waals surface area (Å²) in [5.74, 6) is -0.918. The maximum atomic E-state index is 11.0. The van der Waals surface area contributed by atoms with Gasteiger partial charge in [-0.1, -0.05) is 19.9 Å². The van der Waals surface area contributed by atoms with E-state index in [0.29, 0.717) is 0 Å². The predicted octanol–water partition coefficient (Wildman–Crippen LogP) is 3.27. The van der Waals surface area contributed by atoms with E-state index >= 15 is 0 Å². The zero-order valence-corrected chi connectivity index (χ0v) is 13.7. The molecule has 23 heavy (non-hydrogen) atoms. The van der Waals surface area contributed by atoms with Gasteiger partial charge in [0.1, 0.15) is 0 Å². The lowest BCUT2D eigenvalue weighted by Crippen LogP contribution is -2.31. The van der Waals surface area contributed by atoms with E-state index in [1.165, 1.54) is 17.2 Å². The van der Waals surface area contributed by atoms with Gasteiger partial charge in [-0.2, -0.15) is 0 Å². The lowest BCUT2D eigenvalue weighted by atomic mass is 9.94. The Hall–Kier alpha value is -2.20. The Morgan fingerprint density at radius 3 is 2.91 bits per heavy atom. The second kappa shape index (κ2) is 6.50. The molecular formula is C19H22N2O2. The number of carboxylic acids is 1. The van der Waals surface area contributed by atoms with E-state index in [0.717, 1.165) is 54.6 Å². The Bertz CT molecular complexity index is 781. The van der Waals surface area contributed by atoms with E-state index in [4.69, 9.17) is 10.1 Å². The molecule has 0 saturated heterocycles. The molecule has 1 aliphatic rings. The molecule has 0 bridgehead atoms. The number of nitrogens with zero attached hydrogens (tertiary/aromatic N) is 2. The fourth-order valence-electron chi connectivity index (χ4n) is 3.21. The molecule has 1 N–H and O–H groups in total. The minimum absolute atomic E-state index is 0.838. The minimum atomic E-state index is -0.918. The van der Waals surface area contributed by atoms with Gasteiger partial charge < -0.3 is 5.11 Å². The largest absolute Gasteiger partial charge is 0.478 e. The molecule has 0 aliphatic carbocycles. The summed E-state index contributed by atoms with van der Waals surface area (Å²) in [7, 11) is 0. The number of aryl methyl sites for hydroxylation is 1. The number of fused-ring (bicyclic) bond motifs is 2. The number of hydrogen-bond acceptors (Lipinski definition) is 3. The first kappa shape index (κ1) is 15.7. The van der Waals surface area contributed by atoms with Gasteiger partial charge >= 0.3 is 5.97 Å². The number of carboxylic acid groups (broad SMARTS) is 1. The molecule has 2 heterocycles. The summed E-state index contributed by atoms with van der Waals surface area (Å²) in [4.78, 5) is 18.2. The number of benzene rings is 1. The SMILES string of the molecule is CCc1ccc2nc3c(c(/C=C/C(=O)O)c2c1)CN(CC)CC3. The van der Waals surface area contributed by atoms with Crippen molar-refractivity contribution in [3.8, 4) is 0 Å². The molecule has 3 rings (SSSR count). The van der Waals surface area contributed by atoms with Gasteiger partial charge in [0.05, 0.1) is 5.52 Å². The first-order valence-electron chi connectivity index (χ1n) is 8.20. The monoisotopic (exact) mass is 310 g/mol. The third-order valence-corrected chi connectivity index (χ3v) is 4.57. The minimum Gasteiger partial charge on any atom is -0.478 e. The van der Waals surface area contributed by atoms with Crippen LogP contribution in [0.15, 0.2) is 24.3 Å². The molecule has 0 fully saturated rings. The van der Waals surface area contributed by atoms with Crippen molar-refractivity contribution in [1.82, 2.24) is 9.88 Å². The van der Waals surface area contributed by atoms with Crippen molar-refractivity contribution in [3.05, 3.63) is 46.7 Å². The number of rotatable bonds is 4. The van der Waals surface area contributed by atoms with Crippen molar-refractivity contribution < 1.29 is 9.90 Å². The molecule has 0 unspecified atom stereocenters. The molecule has 0 radical (unpaired) electrons. The molecule has 0 saturated carbocycles. The average Bonchev–Trinajstić information content (AvgIpc) is 2.57. The standard InChI is InChI=1S/C19H22N2O2/c1-3-13-5-7-17-15(11-13)14(6-8-19(22)23)16-12-21(4-2)10-9-18(16)20-17/h5-8,11H,3-4,9-10,12H2,1-2H3,(H,22,23)/b8-6+. The molecule has 0 atom stereocenters.